The number of aromatic nitrogens is 3. The number of ether oxygens (including phenoxy) is 2. The van der Waals surface area contributed by atoms with Gasteiger partial charge in [0.2, 0.25) is 5.88 Å². The molecule has 3 atom stereocenters. The van der Waals surface area contributed by atoms with Gasteiger partial charge in [0.25, 0.3) is 0 Å². The predicted octanol–water partition coefficient (Wildman–Crippen LogP) is 3.89. The summed E-state index contributed by atoms with van der Waals surface area (Å²) in [6.07, 6.45) is -5.06. The lowest BCUT2D eigenvalue weighted by Gasteiger charge is -2.30. The normalized spacial score (nSPS) is 26.9. The Balaban J connectivity index is 1.47. The second kappa shape index (κ2) is 8.87. The first-order valence-electron chi connectivity index (χ1n) is 11.2. The fraction of sp³-hybridized carbons (Fsp3) is 0.619. The molecule has 9 nitrogen and oxygen atoms in total. The van der Waals surface area contributed by atoms with E-state index >= 15 is 0 Å². The molecule has 5 rings (SSSR count). The van der Waals surface area contributed by atoms with E-state index in [1.54, 1.807) is 0 Å². The molecule has 5 heterocycles. The molecule has 3 aliphatic rings. The second-order valence-electron chi connectivity index (χ2n) is 9.12. The second-order valence-corrected chi connectivity index (χ2v) is 9.97. The Bertz CT molecular complexity index is 1150. The number of halogens is 5. The zero-order chi connectivity index (χ0) is 25.0. The van der Waals surface area contributed by atoms with Crippen LogP contribution in [0.2, 0.25) is 0 Å². The van der Waals surface area contributed by atoms with Crippen molar-refractivity contribution in [2.45, 2.75) is 49.7 Å². The third-order valence-corrected chi connectivity index (χ3v) is 7.37. The molecule has 3 fully saturated rings. The highest BCUT2D eigenvalue weighted by atomic mass is 79.9. The molecule has 0 aromatic carbocycles. The first-order chi connectivity index (χ1) is 16.5. The van der Waals surface area contributed by atoms with Crippen molar-refractivity contribution < 1.29 is 36.9 Å². The van der Waals surface area contributed by atoms with Crippen LogP contribution in [0.4, 0.5) is 22.4 Å². The van der Waals surface area contributed by atoms with Gasteiger partial charge in [-0.05, 0) is 41.4 Å². The van der Waals surface area contributed by atoms with Gasteiger partial charge < -0.3 is 19.5 Å². The fourth-order valence-electron chi connectivity index (χ4n) is 5.14. The average Bonchev–Trinajstić information content (AvgIpc) is 3.45. The number of alkyl halides is 4. The molecule has 0 bridgehead atoms. The standard InChI is InChI=1S/C21H22BrF4N5O4/c22-13-6-14-15(28-16(13)21(24,25)26)17(35-12-2-5-30(9-12)19(32)33)29-18(27-14)34-10-20-3-1-4-31(20)8-11(23)7-20/h6,11-12H,1-5,7-10H2,(H,32,33)/t11-,12-,20+/m1/s1. The lowest BCUT2D eigenvalue weighted by molar-refractivity contribution is -0.141. The van der Waals surface area contributed by atoms with Gasteiger partial charge in [0, 0.05) is 25.9 Å². The molecule has 0 saturated carbocycles. The van der Waals surface area contributed by atoms with Crippen LogP contribution < -0.4 is 9.47 Å². The van der Waals surface area contributed by atoms with Crippen molar-refractivity contribution in [2.75, 3.05) is 32.8 Å². The summed E-state index contributed by atoms with van der Waals surface area (Å²) in [5.41, 5.74) is -1.78. The molecule has 3 aliphatic heterocycles. The number of rotatable bonds is 5. The van der Waals surface area contributed by atoms with Crippen LogP contribution in [-0.2, 0) is 6.18 Å². The molecular formula is C21H22BrF4N5O4. The monoisotopic (exact) mass is 563 g/mol. The number of amides is 1. The number of hydrogen-bond donors (Lipinski definition) is 1. The van der Waals surface area contributed by atoms with Crippen LogP contribution >= 0.6 is 15.9 Å². The van der Waals surface area contributed by atoms with E-state index in [1.807, 2.05) is 0 Å². The largest absolute Gasteiger partial charge is 0.471 e. The highest BCUT2D eigenvalue weighted by Gasteiger charge is 2.49. The molecule has 0 aliphatic carbocycles. The number of fused-ring (bicyclic) bond motifs is 2. The van der Waals surface area contributed by atoms with E-state index in [0.717, 1.165) is 30.4 Å². The van der Waals surface area contributed by atoms with Crippen LogP contribution in [0.25, 0.3) is 11.0 Å². The Morgan fingerprint density at radius 3 is 2.77 bits per heavy atom. The van der Waals surface area contributed by atoms with Crippen LogP contribution in [0.5, 0.6) is 11.9 Å². The van der Waals surface area contributed by atoms with Crippen LogP contribution in [0.1, 0.15) is 31.4 Å². The highest BCUT2D eigenvalue weighted by Crippen LogP contribution is 2.41. The lowest BCUT2D eigenvalue weighted by Crippen LogP contribution is -2.43. The molecule has 35 heavy (non-hydrogen) atoms. The Labute approximate surface area is 205 Å². The minimum atomic E-state index is -4.73. The molecule has 190 valence electrons. The average molecular weight is 564 g/mol. The Morgan fingerprint density at radius 1 is 1.26 bits per heavy atom. The summed E-state index contributed by atoms with van der Waals surface area (Å²) in [6.45, 7) is 1.51. The fourth-order valence-corrected chi connectivity index (χ4v) is 5.67. The first-order valence-corrected chi connectivity index (χ1v) is 12.0. The van der Waals surface area contributed by atoms with Crippen molar-refractivity contribution >= 4 is 33.1 Å². The quantitative estimate of drug-likeness (QED) is 0.547. The maximum atomic E-state index is 14.1. The van der Waals surface area contributed by atoms with Crippen LogP contribution in [0.3, 0.4) is 0 Å². The SMILES string of the molecule is O=C(O)N1CC[C@@H](Oc2nc(OC[C@@]34CCCN3C[C@H](F)C4)nc3cc(Br)c(C(F)(F)F)nc23)C1. The third kappa shape index (κ3) is 4.69. The highest BCUT2D eigenvalue weighted by molar-refractivity contribution is 9.10. The summed E-state index contributed by atoms with van der Waals surface area (Å²) < 4.78 is 65.9. The van der Waals surface area contributed by atoms with Gasteiger partial charge in [-0.25, -0.2) is 14.2 Å². The van der Waals surface area contributed by atoms with Crippen molar-refractivity contribution in [3.05, 3.63) is 16.2 Å². The summed E-state index contributed by atoms with van der Waals surface area (Å²) >= 11 is 2.90. The van der Waals surface area contributed by atoms with E-state index in [2.05, 4.69) is 35.8 Å². The third-order valence-electron chi connectivity index (χ3n) is 6.76. The number of likely N-dealkylation sites (tertiary alicyclic amines) is 1. The Morgan fingerprint density at radius 2 is 2.06 bits per heavy atom. The molecule has 0 unspecified atom stereocenters. The molecule has 0 spiro atoms. The number of pyridine rings is 1. The summed E-state index contributed by atoms with van der Waals surface area (Å²) in [7, 11) is 0. The van der Waals surface area contributed by atoms with Crippen LogP contribution in [-0.4, -0.2) is 86.6 Å². The Hall–Kier alpha value is -2.48. The summed E-state index contributed by atoms with van der Waals surface area (Å²) in [4.78, 5) is 26.6. The van der Waals surface area contributed by atoms with E-state index in [0.29, 0.717) is 19.4 Å². The van der Waals surface area contributed by atoms with Gasteiger partial charge in [-0.1, -0.05) is 0 Å². The maximum Gasteiger partial charge on any atom is 0.434 e. The summed E-state index contributed by atoms with van der Waals surface area (Å²) in [6, 6.07) is 1.04. The van der Waals surface area contributed by atoms with Gasteiger partial charge in [-0.15, -0.1) is 0 Å². The number of carboxylic acid groups (broad SMARTS) is 1. The zero-order valence-corrected chi connectivity index (χ0v) is 20.0. The molecule has 3 saturated heterocycles. The van der Waals surface area contributed by atoms with Crippen LogP contribution in [0.15, 0.2) is 10.5 Å². The van der Waals surface area contributed by atoms with E-state index < -0.39 is 35.8 Å². The lowest BCUT2D eigenvalue weighted by atomic mass is 9.95. The van der Waals surface area contributed by atoms with Gasteiger partial charge in [0.1, 0.15) is 24.4 Å². The van der Waals surface area contributed by atoms with Crippen molar-refractivity contribution in [3.8, 4) is 11.9 Å². The van der Waals surface area contributed by atoms with Gasteiger partial charge in [0.15, 0.2) is 11.2 Å². The van der Waals surface area contributed by atoms with E-state index in [1.165, 1.54) is 0 Å². The minimum absolute atomic E-state index is 0.0373. The van der Waals surface area contributed by atoms with E-state index in [-0.39, 0.29) is 47.1 Å². The van der Waals surface area contributed by atoms with Crippen molar-refractivity contribution in [1.29, 1.82) is 0 Å². The molecule has 2 aromatic heterocycles. The number of hydrogen-bond acceptors (Lipinski definition) is 7. The van der Waals surface area contributed by atoms with Gasteiger partial charge in [-0.2, -0.15) is 23.1 Å². The van der Waals surface area contributed by atoms with Crippen molar-refractivity contribution in [1.82, 2.24) is 24.8 Å². The zero-order valence-electron chi connectivity index (χ0n) is 18.4. The number of nitrogens with zero attached hydrogens (tertiary/aromatic N) is 5. The molecule has 1 N–H and O–H groups in total. The van der Waals surface area contributed by atoms with Gasteiger partial charge >= 0.3 is 18.3 Å². The molecular weight excluding hydrogens is 542 g/mol. The number of carbonyl (C=O) groups is 1. The topological polar surface area (TPSA) is 101 Å². The van der Waals surface area contributed by atoms with Gasteiger partial charge in [0.05, 0.1) is 16.6 Å². The summed E-state index contributed by atoms with van der Waals surface area (Å²) in [5.74, 6) is -0.226. The molecule has 2 aromatic rings. The predicted molar refractivity (Wildman–Crippen MR) is 117 cm³/mol. The minimum Gasteiger partial charge on any atom is -0.471 e. The molecule has 14 heteroatoms. The Kier molecular flexibility index (Phi) is 6.14. The van der Waals surface area contributed by atoms with E-state index in [4.69, 9.17) is 9.47 Å². The molecule has 1 amide bonds. The first kappa shape index (κ1) is 24.2. The van der Waals surface area contributed by atoms with Gasteiger partial charge in [-0.3, -0.25) is 4.90 Å². The van der Waals surface area contributed by atoms with Crippen molar-refractivity contribution in [2.24, 2.45) is 0 Å². The van der Waals surface area contributed by atoms with E-state index in [9.17, 15) is 27.5 Å². The molecule has 0 radical (unpaired) electrons. The maximum absolute atomic E-state index is 14.1. The summed E-state index contributed by atoms with van der Waals surface area (Å²) in [5, 5.41) is 9.19. The smallest absolute Gasteiger partial charge is 0.434 e. The van der Waals surface area contributed by atoms with Crippen LogP contribution in [0, 0.1) is 0 Å². The van der Waals surface area contributed by atoms with Crippen molar-refractivity contribution in [3.63, 3.8) is 0 Å².